The van der Waals surface area contributed by atoms with Crippen molar-refractivity contribution in [3.05, 3.63) is 35.9 Å². The quantitative estimate of drug-likeness (QED) is 0.731. The van der Waals surface area contributed by atoms with E-state index in [1.807, 2.05) is 37.3 Å². The van der Waals surface area contributed by atoms with Crippen LogP contribution < -0.4 is 5.32 Å². The lowest BCUT2D eigenvalue weighted by molar-refractivity contribution is -0.143. The Bertz CT molecular complexity index is 340. The van der Waals surface area contributed by atoms with Crippen molar-refractivity contribution in [2.45, 2.75) is 25.5 Å². The van der Waals surface area contributed by atoms with Crippen LogP contribution in [0, 0.1) is 0 Å². The lowest BCUT2D eigenvalue weighted by Crippen LogP contribution is -2.35. The van der Waals surface area contributed by atoms with Crippen LogP contribution in [0.4, 0.5) is 0 Å². The molecule has 94 valence electrons. The first-order valence-corrected chi connectivity index (χ1v) is 5.73. The number of hydrogen-bond acceptors (Lipinski definition) is 4. The summed E-state index contributed by atoms with van der Waals surface area (Å²) in [7, 11) is 1.36. The number of aliphatic hydroxyl groups excluding tert-OH is 1. The molecule has 0 heterocycles. The molecule has 0 fully saturated rings. The van der Waals surface area contributed by atoms with E-state index in [1.165, 1.54) is 7.11 Å². The molecule has 1 aromatic rings. The first-order chi connectivity index (χ1) is 8.19. The van der Waals surface area contributed by atoms with E-state index in [-0.39, 0.29) is 5.97 Å². The smallest absolute Gasteiger partial charge is 0.327 e. The third-order valence-electron chi connectivity index (χ3n) is 2.60. The Kier molecular flexibility index (Phi) is 5.66. The monoisotopic (exact) mass is 237 g/mol. The molecule has 4 nitrogen and oxygen atoms in total. The molecule has 1 aromatic carbocycles. The molecule has 0 aliphatic rings. The standard InChI is InChI=1S/C13H19NO3/c1-3-11(15)9-14-12(13(16)17-2)10-7-5-4-6-8-10/h4-8,11-12,14-15H,3,9H2,1-2H3. The summed E-state index contributed by atoms with van der Waals surface area (Å²) in [6, 6.07) is 8.80. The van der Waals surface area contributed by atoms with Crippen molar-refractivity contribution in [1.82, 2.24) is 5.32 Å². The van der Waals surface area contributed by atoms with Crippen molar-refractivity contribution in [2.75, 3.05) is 13.7 Å². The number of ether oxygens (including phenoxy) is 1. The number of benzene rings is 1. The van der Waals surface area contributed by atoms with Crippen molar-refractivity contribution >= 4 is 5.97 Å². The van der Waals surface area contributed by atoms with Crippen molar-refractivity contribution in [2.24, 2.45) is 0 Å². The van der Waals surface area contributed by atoms with E-state index in [0.29, 0.717) is 13.0 Å². The lowest BCUT2D eigenvalue weighted by Gasteiger charge is -2.18. The van der Waals surface area contributed by atoms with Gasteiger partial charge in [0.05, 0.1) is 13.2 Å². The summed E-state index contributed by atoms with van der Waals surface area (Å²) in [5.74, 6) is -0.348. The van der Waals surface area contributed by atoms with Crippen LogP contribution in [0.1, 0.15) is 24.9 Å². The molecular formula is C13H19NO3. The van der Waals surface area contributed by atoms with Crippen LogP contribution in [-0.4, -0.2) is 30.8 Å². The fourth-order valence-electron chi connectivity index (χ4n) is 1.50. The summed E-state index contributed by atoms with van der Waals surface area (Å²) >= 11 is 0. The second kappa shape index (κ2) is 7.04. The van der Waals surface area contributed by atoms with Gasteiger partial charge in [0.25, 0.3) is 0 Å². The normalized spacial score (nSPS) is 14.1. The highest BCUT2D eigenvalue weighted by Gasteiger charge is 2.21. The molecular weight excluding hydrogens is 218 g/mol. The van der Waals surface area contributed by atoms with Gasteiger partial charge in [-0.3, -0.25) is 5.32 Å². The Morgan fingerprint density at radius 2 is 2.06 bits per heavy atom. The molecule has 4 heteroatoms. The topological polar surface area (TPSA) is 58.6 Å². The van der Waals surface area contributed by atoms with Crippen molar-refractivity contribution in [3.8, 4) is 0 Å². The highest BCUT2D eigenvalue weighted by atomic mass is 16.5. The Labute approximate surface area is 102 Å². The zero-order chi connectivity index (χ0) is 12.7. The number of nitrogens with one attached hydrogen (secondary N) is 1. The lowest BCUT2D eigenvalue weighted by atomic mass is 10.1. The van der Waals surface area contributed by atoms with E-state index >= 15 is 0 Å². The van der Waals surface area contributed by atoms with Crippen LogP contribution in [0.25, 0.3) is 0 Å². The minimum atomic E-state index is -0.526. The molecule has 2 unspecified atom stereocenters. The van der Waals surface area contributed by atoms with E-state index in [9.17, 15) is 9.90 Å². The molecule has 2 N–H and O–H groups in total. The largest absolute Gasteiger partial charge is 0.468 e. The minimum absolute atomic E-state index is 0.348. The zero-order valence-electron chi connectivity index (χ0n) is 10.2. The van der Waals surface area contributed by atoms with Crippen LogP contribution in [0.5, 0.6) is 0 Å². The molecule has 0 amide bonds. The van der Waals surface area contributed by atoms with Crippen LogP contribution in [0.2, 0.25) is 0 Å². The molecule has 0 radical (unpaired) electrons. The average Bonchev–Trinajstić information content (AvgIpc) is 2.39. The van der Waals surface area contributed by atoms with Gasteiger partial charge in [-0.1, -0.05) is 37.3 Å². The van der Waals surface area contributed by atoms with E-state index in [0.717, 1.165) is 5.56 Å². The van der Waals surface area contributed by atoms with Gasteiger partial charge in [0.15, 0.2) is 0 Å². The number of rotatable bonds is 6. The summed E-state index contributed by atoms with van der Waals surface area (Å²) in [6.45, 7) is 2.26. The molecule has 0 bridgehead atoms. The maximum atomic E-state index is 11.6. The van der Waals surface area contributed by atoms with E-state index in [1.54, 1.807) is 0 Å². The molecule has 17 heavy (non-hydrogen) atoms. The highest BCUT2D eigenvalue weighted by molar-refractivity contribution is 5.77. The first-order valence-electron chi connectivity index (χ1n) is 5.73. The fraction of sp³-hybridized carbons (Fsp3) is 0.462. The second-order valence-corrected chi connectivity index (χ2v) is 3.84. The predicted molar refractivity (Wildman–Crippen MR) is 65.5 cm³/mol. The third kappa shape index (κ3) is 4.17. The Morgan fingerprint density at radius 3 is 2.59 bits per heavy atom. The molecule has 1 rings (SSSR count). The van der Waals surface area contributed by atoms with Gasteiger partial charge in [-0.05, 0) is 12.0 Å². The average molecular weight is 237 g/mol. The van der Waals surface area contributed by atoms with Crippen molar-refractivity contribution < 1.29 is 14.6 Å². The third-order valence-corrected chi connectivity index (χ3v) is 2.60. The van der Waals surface area contributed by atoms with E-state index in [2.05, 4.69) is 5.32 Å². The molecule has 2 atom stereocenters. The van der Waals surface area contributed by atoms with E-state index in [4.69, 9.17) is 4.74 Å². The Morgan fingerprint density at radius 1 is 1.41 bits per heavy atom. The maximum Gasteiger partial charge on any atom is 0.327 e. The predicted octanol–water partition coefficient (Wildman–Crippen LogP) is 1.26. The summed E-state index contributed by atoms with van der Waals surface area (Å²) in [4.78, 5) is 11.6. The van der Waals surface area contributed by atoms with Gasteiger partial charge in [-0.15, -0.1) is 0 Å². The SMILES string of the molecule is CCC(O)CNC(C(=O)OC)c1ccccc1. The van der Waals surface area contributed by atoms with Crippen LogP contribution in [0.15, 0.2) is 30.3 Å². The molecule has 0 aliphatic carbocycles. The Balaban J connectivity index is 2.71. The van der Waals surface area contributed by atoms with E-state index < -0.39 is 12.1 Å². The number of carbonyl (C=O) groups is 1. The van der Waals surface area contributed by atoms with Gasteiger partial charge in [0.1, 0.15) is 6.04 Å². The van der Waals surface area contributed by atoms with Crippen molar-refractivity contribution in [1.29, 1.82) is 0 Å². The summed E-state index contributed by atoms with van der Waals surface area (Å²) in [5.41, 5.74) is 0.836. The molecule has 0 saturated heterocycles. The highest BCUT2D eigenvalue weighted by Crippen LogP contribution is 2.14. The number of hydrogen-bond donors (Lipinski definition) is 2. The number of carbonyl (C=O) groups excluding carboxylic acids is 1. The number of esters is 1. The first kappa shape index (κ1) is 13.7. The molecule has 0 saturated carbocycles. The van der Waals surface area contributed by atoms with Crippen LogP contribution in [0.3, 0.4) is 0 Å². The summed E-state index contributed by atoms with van der Waals surface area (Å²) in [5, 5.41) is 12.5. The van der Waals surface area contributed by atoms with Gasteiger partial charge in [0.2, 0.25) is 0 Å². The van der Waals surface area contributed by atoms with Gasteiger partial charge in [-0.2, -0.15) is 0 Å². The summed E-state index contributed by atoms with van der Waals surface area (Å²) < 4.78 is 4.75. The van der Waals surface area contributed by atoms with Crippen LogP contribution in [-0.2, 0) is 9.53 Å². The minimum Gasteiger partial charge on any atom is -0.468 e. The molecule has 0 aliphatic heterocycles. The number of aliphatic hydroxyl groups is 1. The molecule has 0 aromatic heterocycles. The fourth-order valence-corrected chi connectivity index (χ4v) is 1.50. The van der Waals surface area contributed by atoms with Crippen LogP contribution >= 0.6 is 0 Å². The second-order valence-electron chi connectivity index (χ2n) is 3.84. The summed E-state index contributed by atoms with van der Waals surface area (Å²) in [6.07, 6.45) is 0.196. The van der Waals surface area contributed by atoms with Gasteiger partial charge < -0.3 is 9.84 Å². The maximum absolute atomic E-state index is 11.6. The zero-order valence-corrected chi connectivity index (χ0v) is 10.2. The number of methoxy groups -OCH3 is 1. The van der Waals surface area contributed by atoms with Gasteiger partial charge >= 0.3 is 5.97 Å². The van der Waals surface area contributed by atoms with Gasteiger partial charge in [-0.25, -0.2) is 4.79 Å². The van der Waals surface area contributed by atoms with Gasteiger partial charge in [0, 0.05) is 6.54 Å². The van der Waals surface area contributed by atoms with Crippen molar-refractivity contribution in [3.63, 3.8) is 0 Å². The molecule has 0 spiro atoms. The Hall–Kier alpha value is -1.39.